The van der Waals surface area contributed by atoms with Crippen molar-refractivity contribution < 1.29 is 19.8 Å². The number of hydrogen-bond donors (Lipinski definition) is 2. The van der Waals surface area contributed by atoms with Crippen molar-refractivity contribution in [2.24, 2.45) is 29.1 Å². The number of allylic oxidation sites excluding steroid dienone is 3. The van der Waals surface area contributed by atoms with E-state index < -0.39 is 12.2 Å². The first-order valence-corrected chi connectivity index (χ1v) is 12.2. The second-order valence-corrected chi connectivity index (χ2v) is 10.8. The van der Waals surface area contributed by atoms with Crippen molar-refractivity contribution in [1.29, 1.82) is 0 Å². The lowest BCUT2D eigenvalue weighted by atomic mass is 9.60. The summed E-state index contributed by atoms with van der Waals surface area (Å²) in [5.41, 5.74) is 3.20. The smallest absolute Gasteiger partial charge is 0.143 e. The fourth-order valence-corrected chi connectivity index (χ4v) is 6.67. The number of carbonyl (C=O) groups is 2. The van der Waals surface area contributed by atoms with Crippen LogP contribution in [0, 0.1) is 29.1 Å². The highest BCUT2D eigenvalue weighted by Crippen LogP contribution is 2.59. The molecule has 4 fully saturated rings. The molecule has 0 amide bonds. The molecule has 0 saturated heterocycles. The third-order valence-corrected chi connectivity index (χ3v) is 8.79. The molecule has 0 heterocycles. The van der Waals surface area contributed by atoms with Crippen molar-refractivity contribution in [3.8, 4) is 0 Å². The first kappa shape index (κ1) is 22.7. The molecule has 31 heavy (non-hydrogen) atoms. The Hall–Kier alpha value is -1.52. The molecule has 4 nitrogen and oxygen atoms in total. The van der Waals surface area contributed by atoms with Crippen molar-refractivity contribution >= 4 is 11.6 Å². The molecule has 0 radical (unpaired) electrons. The highest BCUT2D eigenvalue weighted by molar-refractivity contribution is 6.01. The zero-order chi connectivity index (χ0) is 22.3. The van der Waals surface area contributed by atoms with E-state index in [0.29, 0.717) is 24.7 Å². The molecule has 0 bridgehead atoms. The van der Waals surface area contributed by atoms with Crippen LogP contribution in [0.1, 0.15) is 78.1 Å². The Bertz CT molecular complexity index is 817. The molecule has 4 aliphatic rings. The predicted molar refractivity (Wildman–Crippen MR) is 121 cm³/mol. The topological polar surface area (TPSA) is 74.6 Å². The van der Waals surface area contributed by atoms with E-state index in [-0.39, 0.29) is 35.2 Å². The molecular weight excluding hydrogens is 388 g/mol. The molecule has 2 N–H and O–H groups in total. The normalized spacial score (nSPS) is 39.5. The van der Waals surface area contributed by atoms with Gasteiger partial charge in [0.2, 0.25) is 0 Å². The Labute approximate surface area is 186 Å². The van der Waals surface area contributed by atoms with Gasteiger partial charge in [-0.05, 0) is 79.8 Å². The van der Waals surface area contributed by atoms with Gasteiger partial charge in [0.15, 0.2) is 0 Å². The average Bonchev–Trinajstić information content (AvgIpc) is 3.51. The van der Waals surface area contributed by atoms with Gasteiger partial charge in [0.25, 0.3) is 0 Å². The number of fused-ring (bicyclic) bond motifs is 1. The SMILES string of the molecule is C=C1/C(=C/C=C2/CCC[C@@]3(C)C2CC[C@@H]3[C@H](C)C(=O)CC(=O)C2CC2)C[C@@H](O)C[C@@H]1O. The summed E-state index contributed by atoms with van der Waals surface area (Å²) in [7, 11) is 0. The molecule has 0 aromatic heterocycles. The second kappa shape index (κ2) is 8.78. The lowest BCUT2D eigenvalue weighted by Crippen LogP contribution is -2.38. The van der Waals surface area contributed by atoms with Crippen LogP contribution in [0.4, 0.5) is 0 Å². The Kier molecular flexibility index (Phi) is 6.42. The number of aliphatic hydroxyl groups excluding tert-OH is 2. The molecular formula is C27H38O4. The summed E-state index contributed by atoms with van der Waals surface area (Å²) in [6.07, 6.45) is 11.5. The summed E-state index contributed by atoms with van der Waals surface area (Å²) in [4.78, 5) is 25.1. The van der Waals surface area contributed by atoms with E-state index >= 15 is 0 Å². The summed E-state index contributed by atoms with van der Waals surface area (Å²) in [6, 6.07) is 0. The minimum absolute atomic E-state index is 0.0566. The van der Waals surface area contributed by atoms with Crippen LogP contribution in [0.15, 0.2) is 35.5 Å². The molecule has 0 aliphatic heterocycles. The highest BCUT2D eigenvalue weighted by Gasteiger charge is 2.52. The van der Waals surface area contributed by atoms with Crippen molar-refractivity contribution in [3.63, 3.8) is 0 Å². The van der Waals surface area contributed by atoms with Crippen LogP contribution in [0.25, 0.3) is 0 Å². The van der Waals surface area contributed by atoms with Crippen LogP contribution in [0.2, 0.25) is 0 Å². The van der Waals surface area contributed by atoms with E-state index in [1.807, 2.05) is 0 Å². The largest absolute Gasteiger partial charge is 0.393 e. The molecule has 4 saturated carbocycles. The molecule has 0 spiro atoms. The fourth-order valence-electron chi connectivity index (χ4n) is 6.67. The third kappa shape index (κ3) is 4.52. The molecule has 1 unspecified atom stereocenters. The maximum atomic E-state index is 12.9. The first-order chi connectivity index (χ1) is 14.7. The maximum Gasteiger partial charge on any atom is 0.143 e. The van der Waals surface area contributed by atoms with Crippen LogP contribution in [-0.2, 0) is 9.59 Å². The quantitative estimate of drug-likeness (QED) is 0.604. The maximum absolute atomic E-state index is 12.9. The van der Waals surface area contributed by atoms with Gasteiger partial charge in [0.05, 0.1) is 18.6 Å². The minimum Gasteiger partial charge on any atom is -0.393 e. The lowest BCUT2D eigenvalue weighted by Gasteiger charge is -2.44. The monoisotopic (exact) mass is 426 g/mol. The van der Waals surface area contributed by atoms with Crippen molar-refractivity contribution in [2.45, 2.75) is 90.3 Å². The van der Waals surface area contributed by atoms with Gasteiger partial charge < -0.3 is 10.2 Å². The Morgan fingerprint density at radius 2 is 1.94 bits per heavy atom. The number of rotatable bonds is 6. The van der Waals surface area contributed by atoms with Crippen molar-refractivity contribution in [1.82, 2.24) is 0 Å². The number of aliphatic hydroxyl groups is 2. The zero-order valence-corrected chi connectivity index (χ0v) is 19.1. The Morgan fingerprint density at radius 3 is 2.65 bits per heavy atom. The zero-order valence-electron chi connectivity index (χ0n) is 19.1. The van der Waals surface area contributed by atoms with Crippen LogP contribution < -0.4 is 0 Å². The van der Waals surface area contributed by atoms with Crippen LogP contribution in [0.3, 0.4) is 0 Å². The van der Waals surface area contributed by atoms with Gasteiger partial charge >= 0.3 is 0 Å². The van der Waals surface area contributed by atoms with Crippen molar-refractivity contribution in [3.05, 3.63) is 35.5 Å². The number of Topliss-reactive ketones (excluding diaryl/α,β-unsaturated/α-hetero) is 2. The average molecular weight is 427 g/mol. The van der Waals surface area contributed by atoms with E-state index in [1.54, 1.807) is 0 Å². The van der Waals surface area contributed by atoms with E-state index in [2.05, 4.69) is 32.6 Å². The number of hydrogen-bond acceptors (Lipinski definition) is 4. The number of carbonyl (C=O) groups excluding carboxylic acids is 2. The van der Waals surface area contributed by atoms with Crippen LogP contribution >= 0.6 is 0 Å². The number of ketones is 2. The molecule has 4 heteroatoms. The fraction of sp³-hybridized carbons (Fsp3) is 0.704. The van der Waals surface area contributed by atoms with E-state index in [4.69, 9.17) is 0 Å². The summed E-state index contributed by atoms with van der Waals surface area (Å²) in [5.74, 6) is 1.20. The van der Waals surface area contributed by atoms with E-state index in [9.17, 15) is 19.8 Å². The first-order valence-electron chi connectivity index (χ1n) is 12.2. The Balaban J connectivity index is 1.49. The highest BCUT2D eigenvalue weighted by atomic mass is 16.3. The van der Waals surface area contributed by atoms with E-state index in [1.165, 1.54) is 5.57 Å². The van der Waals surface area contributed by atoms with Gasteiger partial charge in [-0.15, -0.1) is 0 Å². The van der Waals surface area contributed by atoms with Gasteiger partial charge in [-0.1, -0.05) is 38.2 Å². The van der Waals surface area contributed by atoms with Gasteiger partial charge in [-0.25, -0.2) is 0 Å². The molecule has 4 rings (SSSR count). The van der Waals surface area contributed by atoms with Crippen molar-refractivity contribution in [2.75, 3.05) is 0 Å². The lowest BCUT2D eigenvalue weighted by molar-refractivity contribution is -0.131. The summed E-state index contributed by atoms with van der Waals surface area (Å²) in [6.45, 7) is 8.43. The Morgan fingerprint density at radius 1 is 1.19 bits per heavy atom. The summed E-state index contributed by atoms with van der Waals surface area (Å²) >= 11 is 0. The third-order valence-electron chi connectivity index (χ3n) is 8.79. The predicted octanol–water partition coefficient (Wildman–Crippen LogP) is 4.70. The van der Waals surface area contributed by atoms with Crippen LogP contribution in [0.5, 0.6) is 0 Å². The minimum atomic E-state index is -0.661. The van der Waals surface area contributed by atoms with Gasteiger partial charge in [0.1, 0.15) is 11.6 Å². The van der Waals surface area contributed by atoms with E-state index in [0.717, 1.165) is 56.1 Å². The summed E-state index contributed by atoms with van der Waals surface area (Å²) in [5, 5.41) is 20.1. The van der Waals surface area contributed by atoms with Gasteiger partial charge in [-0.2, -0.15) is 0 Å². The van der Waals surface area contributed by atoms with Gasteiger partial charge in [0, 0.05) is 18.3 Å². The molecule has 6 atom stereocenters. The second-order valence-electron chi connectivity index (χ2n) is 10.8. The molecule has 4 aliphatic carbocycles. The standard InChI is InChI=1S/C27H38O4/c1-16-20(13-21(28)14-24(16)29)9-6-18-5-4-12-27(3)22(10-11-23(18)27)17(2)25(30)15-26(31)19-7-8-19/h6,9,17,19,21-24,28-29H,1,4-5,7-8,10-15H2,2-3H3/b18-6-,20-9+/t17-,21+,22+,23?,24-,27+/m0/s1. The van der Waals surface area contributed by atoms with Crippen LogP contribution in [-0.4, -0.2) is 34.0 Å². The molecule has 0 aromatic rings. The van der Waals surface area contributed by atoms with Gasteiger partial charge in [-0.3, -0.25) is 9.59 Å². The summed E-state index contributed by atoms with van der Waals surface area (Å²) < 4.78 is 0. The molecule has 170 valence electrons. The molecule has 0 aromatic carbocycles.